The zero-order valence-corrected chi connectivity index (χ0v) is 21.5. The van der Waals surface area contributed by atoms with Gasteiger partial charge in [-0.3, -0.25) is 0 Å². The molecule has 5 aliphatic rings. The van der Waals surface area contributed by atoms with E-state index in [2.05, 4.69) is 10.5 Å². The molecule has 8 N–H and O–H groups in total. The standard InChI is InChI=1S/C25H36N2O10/c1-12(2)22(32)17(35-16(29)14-7-6-10-26-14)24(33)18(4)11-21(31)19(22,5)25(27-34,37-24)23(36-21)15(28)13(3)8-9-20(18,23)30/h6-7,10,12-13,15,17,26-28,30-34H,8-9,11H2,1-5H3/t13-,15+,17+,18-,19-,20-,21?,22+,23+,24-,25+/m0/s1. The van der Waals surface area contributed by atoms with Gasteiger partial charge in [-0.25, -0.2) is 4.79 Å². The Hall–Kier alpha value is -1.61. The Morgan fingerprint density at radius 2 is 1.89 bits per heavy atom. The Balaban J connectivity index is 1.70. The van der Waals surface area contributed by atoms with E-state index < -0.39 is 81.4 Å². The van der Waals surface area contributed by atoms with Gasteiger partial charge >= 0.3 is 5.97 Å². The molecule has 0 radical (unpaired) electrons. The fourth-order valence-electron chi connectivity index (χ4n) is 9.02. The van der Waals surface area contributed by atoms with Crippen LogP contribution in [0.1, 0.15) is 64.4 Å². The van der Waals surface area contributed by atoms with Gasteiger partial charge in [-0.1, -0.05) is 27.7 Å². The molecule has 1 spiro atoms. The second-order valence-corrected chi connectivity index (χ2v) is 12.5. The summed E-state index contributed by atoms with van der Waals surface area (Å²) in [4.78, 5) is 15.9. The molecule has 12 heteroatoms. The van der Waals surface area contributed by atoms with Crippen molar-refractivity contribution >= 4 is 5.97 Å². The minimum absolute atomic E-state index is 0.000385. The highest BCUT2D eigenvalue weighted by Gasteiger charge is 3.04. The van der Waals surface area contributed by atoms with Crippen LogP contribution in [0.2, 0.25) is 0 Å². The van der Waals surface area contributed by atoms with Crippen LogP contribution >= 0.6 is 0 Å². The first kappa shape index (κ1) is 25.7. The average Bonchev–Trinajstić information content (AvgIpc) is 3.40. The van der Waals surface area contributed by atoms with Crippen LogP contribution in [0.4, 0.5) is 0 Å². The molecule has 37 heavy (non-hydrogen) atoms. The molecule has 1 aliphatic carbocycles. The molecule has 0 amide bonds. The highest BCUT2D eigenvalue weighted by molar-refractivity contribution is 5.87. The number of nitrogens with one attached hydrogen (secondary N) is 2. The third kappa shape index (κ3) is 2.09. The maximum Gasteiger partial charge on any atom is 0.355 e. The van der Waals surface area contributed by atoms with E-state index >= 15 is 0 Å². The molecule has 1 saturated carbocycles. The number of esters is 1. The molecule has 206 valence electrons. The zero-order valence-electron chi connectivity index (χ0n) is 21.5. The van der Waals surface area contributed by atoms with Crippen LogP contribution in [0.25, 0.3) is 0 Å². The fourth-order valence-corrected chi connectivity index (χ4v) is 9.02. The normalized spacial score (nSPS) is 57.6. The van der Waals surface area contributed by atoms with Crippen molar-refractivity contribution in [3.8, 4) is 0 Å². The van der Waals surface area contributed by atoms with E-state index in [1.807, 2.05) is 0 Å². The Bertz CT molecular complexity index is 1160. The highest BCUT2D eigenvalue weighted by Crippen LogP contribution is 2.84. The fraction of sp³-hybridized carbons (Fsp3) is 0.800. The van der Waals surface area contributed by atoms with Crippen molar-refractivity contribution in [3.05, 3.63) is 24.0 Å². The van der Waals surface area contributed by atoms with Gasteiger partial charge in [0.25, 0.3) is 0 Å². The molecule has 4 saturated heterocycles. The van der Waals surface area contributed by atoms with Crippen molar-refractivity contribution in [3.63, 3.8) is 0 Å². The van der Waals surface area contributed by atoms with Crippen molar-refractivity contribution in [1.82, 2.24) is 10.5 Å². The molecule has 12 nitrogen and oxygen atoms in total. The van der Waals surface area contributed by atoms with Gasteiger partial charge < -0.3 is 49.9 Å². The van der Waals surface area contributed by atoms with E-state index in [1.165, 1.54) is 26.1 Å². The lowest BCUT2D eigenvalue weighted by atomic mass is 9.42. The second-order valence-electron chi connectivity index (χ2n) is 12.5. The summed E-state index contributed by atoms with van der Waals surface area (Å²) in [7, 11) is 0. The molecule has 5 heterocycles. The first-order chi connectivity index (χ1) is 17.0. The maximum absolute atomic E-state index is 13.2. The smallest absolute Gasteiger partial charge is 0.355 e. The molecule has 1 aromatic heterocycles. The van der Waals surface area contributed by atoms with Gasteiger partial charge in [-0.2, -0.15) is 5.48 Å². The third-order valence-corrected chi connectivity index (χ3v) is 11.1. The number of rotatable bonds is 4. The van der Waals surface area contributed by atoms with E-state index in [0.29, 0.717) is 6.42 Å². The molecule has 5 fully saturated rings. The lowest BCUT2D eigenvalue weighted by Gasteiger charge is -2.75. The summed E-state index contributed by atoms with van der Waals surface area (Å²) in [5.41, 5.74) is -10.9. The van der Waals surface area contributed by atoms with Gasteiger partial charge in [0, 0.05) is 12.6 Å². The van der Waals surface area contributed by atoms with Crippen LogP contribution < -0.4 is 5.48 Å². The number of hydrogen-bond acceptors (Lipinski definition) is 11. The third-order valence-electron chi connectivity index (χ3n) is 11.1. The summed E-state index contributed by atoms with van der Waals surface area (Å²) < 4.78 is 18.5. The van der Waals surface area contributed by atoms with Crippen LogP contribution in [0, 0.1) is 22.7 Å². The number of carbonyl (C=O) groups is 1. The first-order valence-electron chi connectivity index (χ1n) is 12.8. The number of aromatic nitrogens is 1. The molecule has 11 atom stereocenters. The summed E-state index contributed by atoms with van der Waals surface area (Å²) in [5, 5.41) is 72.6. The largest absolute Gasteiger partial charge is 0.449 e. The molecular weight excluding hydrogens is 488 g/mol. The summed E-state index contributed by atoms with van der Waals surface area (Å²) in [6.45, 7) is 7.81. The SMILES string of the molecule is CC(C)[C@@]1(O)[C@@H](OC(=O)c2ccc[nH]2)[C@]2(O)O[C@@]3(NO)[C@]45OC(O)(C[C@@]2(C)[C@@]4(O)CC[C@H](C)[C@H]5O)[C@]31C. The van der Waals surface area contributed by atoms with Crippen LogP contribution in [0.5, 0.6) is 0 Å². The number of aliphatic hydroxyl groups is 5. The van der Waals surface area contributed by atoms with Crippen LogP contribution in [0.15, 0.2) is 18.3 Å². The topological polar surface area (TPSA) is 194 Å². The number of aliphatic hydroxyl groups excluding tert-OH is 1. The van der Waals surface area contributed by atoms with E-state index in [9.17, 15) is 35.5 Å². The van der Waals surface area contributed by atoms with Crippen molar-refractivity contribution < 1.29 is 49.7 Å². The molecule has 6 rings (SSSR count). The van der Waals surface area contributed by atoms with Crippen LogP contribution in [-0.2, 0) is 14.2 Å². The Kier molecular flexibility index (Phi) is 4.68. The molecule has 0 aromatic carbocycles. The molecule has 1 aromatic rings. The van der Waals surface area contributed by atoms with Crippen LogP contribution in [-0.4, -0.2) is 88.0 Å². The van der Waals surface area contributed by atoms with Crippen LogP contribution in [0.3, 0.4) is 0 Å². The number of H-pyrrole nitrogens is 1. The summed E-state index contributed by atoms with van der Waals surface area (Å²) in [6.07, 6.45) is -1.97. The number of hydroxylamine groups is 1. The summed E-state index contributed by atoms with van der Waals surface area (Å²) in [5.74, 6) is -7.23. The van der Waals surface area contributed by atoms with Crippen molar-refractivity contribution in [2.45, 2.75) is 100 Å². The maximum atomic E-state index is 13.2. The average molecular weight is 525 g/mol. The zero-order chi connectivity index (χ0) is 27.2. The number of aromatic amines is 1. The predicted molar refractivity (Wildman–Crippen MR) is 122 cm³/mol. The van der Waals surface area contributed by atoms with Gasteiger partial charge in [0.1, 0.15) is 22.3 Å². The quantitative estimate of drug-likeness (QED) is 0.191. The summed E-state index contributed by atoms with van der Waals surface area (Å²) >= 11 is 0. The van der Waals surface area contributed by atoms with E-state index in [1.54, 1.807) is 26.8 Å². The first-order valence-corrected chi connectivity index (χ1v) is 12.8. The Morgan fingerprint density at radius 3 is 2.46 bits per heavy atom. The molecule has 5 bridgehead atoms. The van der Waals surface area contributed by atoms with Gasteiger partial charge in [-0.15, -0.1) is 0 Å². The number of ether oxygens (including phenoxy) is 3. The Morgan fingerprint density at radius 1 is 1.22 bits per heavy atom. The summed E-state index contributed by atoms with van der Waals surface area (Å²) in [6, 6.07) is 3.03. The lowest BCUT2D eigenvalue weighted by molar-refractivity contribution is -0.533. The molecule has 4 aliphatic heterocycles. The molecular formula is C25H36N2O10. The van der Waals surface area contributed by atoms with Crippen molar-refractivity contribution in [2.24, 2.45) is 22.7 Å². The highest BCUT2D eigenvalue weighted by atomic mass is 16.8. The van der Waals surface area contributed by atoms with Gasteiger partial charge in [0.15, 0.2) is 23.2 Å². The van der Waals surface area contributed by atoms with E-state index in [0.717, 1.165) is 0 Å². The predicted octanol–water partition coefficient (Wildman–Crippen LogP) is -0.269. The van der Waals surface area contributed by atoms with Gasteiger partial charge in [0.2, 0.25) is 5.79 Å². The lowest BCUT2D eigenvalue weighted by Crippen LogP contribution is -2.97. The monoisotopic (exact) mass is 524 g/mol. The van der Waals surface area contributed by atoms with E-state index in [-0.39, 0.29) is 12.1 Å². The second kappa shape index (κ2) is 6.75. The van der Waals surface area contributed by atoms with Gasteiger partial charge in [0.05, 0.1) is 11.5 Å². The van der Waals surface area contributed by atoms with Crippen molar-refractivity contribution in [2.75, 3.05) is 0 Å². The van der Waals surface area contributed by atoms with E-state index in [4.69, 9.17) is 14.2 Å². The minimum atomic E-state index is -2.66. The minimum Gasteiger partial charge on any atom is -0.449 e. The van der Waals surface area contributed by atoms with Gasteiger partial charge in [-0.05, 0) is 43.7 Å². The number of fused-ring (bicyclic) bond motifs is 4. The van der Waals surface area contributed by atoms with Crippen molar-refractivity contribution in [1.29, 1.82) is 0 Å². The Labute approximate surface area is 213 Å². The number of carbonyl (C=O) groups excluding carboxylic acids is 1. The molecule has 1 unspecified atom stereocenters. The number of hydrogen-bond donors (Lipinski definition) is 8.